The first-order valence-corrected chi connectivity index (χ1v) is 7.20. The quantitative estimate of drug-likeness (QED) is 0.736. The molecular weight excluding hydrogens is 230 g/mol. The van der Waals surface area contributed by atoms with Crippen LogP contribution in [0.25, 0.3) is 0 Å². The zero-order valence-electron chi connectivity index (χ0n) is 9.89. The van der Waals surface area contributed by atoms with Crippen LogP contribution in [0, 0.1) is 5.92 Å². The monoisotopic (exact) mass is 247 g/mol. The SMILES string of the molecule is O=C(CC1C=CCC1)N1CCc2sccc2C1. The molecule has 0 N–H and O–H groups in total. The predicted octanol–water partition coefficient (Wildman–Crippen LogP) is 2.99. The summed E-state index contributed by atoms with van der Waals surface area (Å²) in [5.74, 6) is 0.824. The normalized spacial score (nSPS) is 22.8. The minimum atomic E-state index is 0.332. The summed E-state index contributed by atoms with van der Waals surface area (Å²) in [6.45, 7) is 1.73. The topological polar surface area (TPSA) is 20.3 Å². The maximum absolute atomic E-state index is 12.2. The fourth-order valence-electron chi connectivity index (χ4n) is 2.68. The molecule has 1 amide bonds. The van der Waals surface area contributed by atoms with Crippen molar-refractivity contribution >= 4 is 17.2 Å². The predicted molar refractivity (Wildman–Crippen MR) is 69.9 cm³/mol. The van der Waals surface area contributed by atoms with Gasteiger partial charge in [-0.15, -0.1) is 11.3 Å². The van der Waals surface area contributed by atoms with Crippen LogP contribution in [-0.4, -0.2) is 17.4 Å². The molecule has 1 aromatic heterocycles. The van der Waals surface area contributed by atoms with Crippen LogP contribution >= 0.6 is 11.3 Å². The molecule has 0 spiro atoms. The van der Waals surface area contributed by atoms with Gasteiger partial charge in [0.2, 0.25) is 5.91 Å². The van der Waals surface area contributed by atoms with Crippen LogP contribution < -0.4 is 0 Å². The van der Waals surface area contributed by atoms with Crippen molar-refractivity contribution in [2.75, 3.05) is 6.54 Å². The van der Waals surface area contributed by atoms with E-state index in [4.69, 9.17) is 0 Å². The number of rotatable bonds is 2. The van der Waals surface area contributed by atoms with Gasteiger partial charge in [-0.3, -0.25) is 4.79 Å². The average molecular weight is 247 g/mol. The lowest BCUT2D eigenvalue weighted by Crippen LogP contribution is -2.36. The molecule has 1 unspecified atom stereocenters. The first-order valence-electron chi connectivity index (χ1n) is 6.32. The first-order chi connectivity index (χ1) is 8.33. The molecule has 3 rings (SSSR count). The number of allylic oxidation sites excluding steroid dienone is 2. The lowest BCUT2D eigenvalue weighted by atomic mass is 10.0. The van der Waals surface area contributed by atoms with Gasteiger partial charge in [0.1, 0.15) is 0 Å². The van der Waals surface area contributed by atoms with Gasteiger partial charge in [0.15, 0.2) is 0 Å². The Bertz CT molecular complexity index is 449. The van der Waals surface area contributed by atoms with Gasteiger partial charge in [-0.05, 0) is 42.2 Å². The van der Waals surface area contributed by atoms with E-state index < -0.39 is 0 Å². The second-order valence-electron chi connectivity index (χ2n) is 4.90. The highest BCUT2D eigenvalue weighted by Crippen LogP contribution is 2.26. The van der Waals surface area contributed by atoms with Crippen LogP contribution in [0.4, 0.5) is 0 Å². The van der Waals surface area contributed by atoms with E-state index in [9.17, 15) is 4.79 Å². The Morgan fingerprint density at radius 1 is 1.53 bits per heavy atom. The largest absolute Gasteiger partial charge is 0.338 e. The van der Waals surface area contributed by atoms with E-state index in [-0.39, 0.29) is 0 Å². The molecule has 3 heteroatoms. The number of hydrogen-bond donors (Lipinski definition) is 0. The molecule has 17 heavy (non-hydrogen) atoms. The molecule has 0 radical (unpaired) electrons. The Labute approximate surface area is 106 Å². The lowest BCUT2D eigenvalue weighted by molar-refractivity contribution is -0.132. The van der Waals surface area contributed by atoms with E-state index in [1.54, 1.807) is 0 Å². The summed E-state index contributed by atoms with van der Waals surface area (Å²) in [6.07, 6.45) is 8.45. The first kappa shape index (κ1) is 11.0. The number of hydrogen-bond acceptors (Lipinski definition) is 2. The number of carbonyl (C=O) groups excluding carboxylic acids is 1. The third kappa shape index (κ3) is 2.29. The van der Waals surface area contributed by atoms with E-state index in [2.05, 4.69) is 23.6 Å². The van der Waals surface area contributed by atoms with Gasteiger partial charge in [-0.25, -0.2) is 0 Å². The fraction of sp³-hybridized carbons (Fsp3) is 0.500. The molecule has 1 aliphatic heterocycles. The molecule has 1 aromatic rings. The molecule has 0 saturated heterocycles. The zero-order valence-corrected chi connectivity index (χ0v) is 10.7. The standard InChI is InChI=1S/C14H17NOS/c16-14(9-11-3-1-2-4-11)15-7-5-13-12(10-15)6-8-17-13/h1,3,6,8,11H,2,4-5,7,9-10H2. The van der Waals surface area contributed by atoms with Gasteiger partial charge in [0.05, 0.1) is 0 Å². The Hall–Kier alpha value is -1.09. The van der Waals surface area contributed by atoms with Gasteiger partial charge < -0.3 is 4.90 Å². The van der Waals surface area contributed by atoms with Gasteiger partial charge in [-0.2, -0.15) is 0 Å². The summed E-state index contributed by atoms with van der Waals surface area (Å²) in [7, 11) is 0. The summed E-state index contributed by atoms with van der Waals surface area (Å²) in [6, 6.07) is 2.16. The van der Waals surface area contributed by atoms with Gasteiger partial charge >= 0.3 is 0 Å². The molecule has 0 fully saturated rings. The van der Waals surface area contributed by atoms with Crippen molar-refractivity contribution in [1.29, 1.82) is 0 Å². The zero-order chi connectivity index (χ0) is 11.7. The maximum Gasteiger partial charge on any atom is 0.223 e. The second-order valence-corrected chi connectivity index (χ2v) is 5.90. The molecule has 90 valence electrons. The third-order valence-electron chi connectivity index (χ3n) is 3.71. The van der Waals surface area contributed by atoms with Gasteiger partial charge in [-0.1, -0.05) is 12.2 Å². The molecule has 2 aliphatic rings. The minimum Gasteiger partial charge on any atom is -0.338 e. The molecule has 0 saturated carbocycles. The Morgan fingerprint density at radius 3 is 3.29 bits per heavy atom. The summed E-state index contributed by atoms with van der Waals surface area (Å²) >= 11 is 1.82. The van der Waals surface area contributed by atoms with Crippen molar-refractivity contribution in [3.05, 3.63) is 34.0 Å². The van der Waals surface area contributed by atoms with Gasteiger partial charge in [0, 0.05) is 24.4 Å². The van der Waals surface area contributed by atoms with Crippen LogP contribution in [-0.2, 0) is 17.8 Å². The van der Waals surface area contributed by atoms with Crippen molar-refractivity contribution < 1.29 is 4.79 Å². The summed E-state index contributed by atoms with van der Waals surface area (Å²) in [5.41, 5.74) is 1.36. The summed E-state index contributed by atoms with van der Waals surface area (Å²) in [5, 5.41) is 2.14. The highest BCUT2D eigenvalue weighted by molar-refractivity contribution is 7.10. The van der Waals surface area contributed by atoms with Crippen LogP contribution in [0.5, 0.6) is 0 Å². The highest BCUT2D eigenvalue weighted by atomic mass is 32.1. The molecule has 0 bridgehead atoms. The van der Waals surface area contributed by atoms with E-state index in [0.717, 1.165) is 32.4 Å². The molecule has 2 heterocycles. The maximum atomic E-state index is 12.2. The fourth-order valence-corrected chi connectivity index (χ4v) is 3.57. The second kappa shape index (κ2) is 4.65. The van der Waals surface area contributed by atoms with E-state index in [1.807, 2.05) is 16.2 Å². The number of nitrogens with zero attached hydrogens (tertiary/aromatic N) is 1. The van der Waals surface area contributed by atoms with Crippen LogP contribution in [0.1, 0.15) is 29.7 Å². The summed E-state index contributed by atoms with van der Waals surface area (Å²) in [4.78, 5) is 15.7. The minimum absolute atomic E-state index is 0.332. The van der Waals surface area contributed by atoms with Crippen molar-refractivity contribution in [3.8, 4) is 0 Å². The number of thiophene rings is 1. The summed E-state index contributed by atoms with van der Waals surface area (Å²) < 4.78 is 0. The highest BCUT2D eigenvalue weighted by Gasteiger charge is 2.23. The number of carbonyl (C=O) groups is 1. The molecule has 1 atom stereocenters. The molecule has 2 nitrogen and oxygen atoms in total. The van der Waals surface area contributed by atoms with Crippen molar-refractivity contribution in [2.45, 2.75) is 32.2 Å². The van der Waals surface area contributed by atoms with Crippen molar-refractivity contribution in [3.63, 3.8) is 0 Å². The van der Waals surface area contributed by atoms with E-state index in [0.29, 0.717) is 18.2 Å². The smallest absolute Gasteiger partial charge is 0.223 e. The van der Waals surface area contributed by atoms with Crippen molar-refractivity contribution in [1.82, 2.24) is 4.90 Å². The molecule has 0 aromatic carbocycles. The molecule has 1 aliphatic carbocycles. The van der Waals surface area contributed by atoms with Crippen LogP contribution in [0.3, 0.4) is 0 Å². The van der Waals surface area contributed by atoms with E-state index in [1.165, 1.54) is 10.4 Å². The van der Waals surface area contributed by atoms with Crippen molar-refractivity contribution in [2.24, 2.45) is 5.92 Å². The Balaban J connectivity index is 1.62. The molecular formula is C14H17NOS. The van der Waals surface area contributed by atoms with E-state index >= 15 is 0 Å². The van der Waals surface area contributed by atoms with Crippen LogP contribution in [0.2, 0.25) is 0 Å². The Kier molecular flexibility index (Phi) is 3.02. The third-order valence-corrected chi connectivity index (χ3v) is 4.73. The Morgan fingerprint density at radius 2 is 2.47 bits per heavy atom. The average Bonchev–Trinajstić information content (AvgIpc) is 2.97. The van der Waals surface area contributed by atoms with Crippen LogP contribution in [0.15, 0.2) is 23.6 Å². The number of fused-ring (bicyclic) bond motifs is 1. The van der Waals surface area contributed by atoms with Gasteiger partial charge in [0.25, 0.3) is 0 Å². The number of amides is 1. The lowest BCUT2D eigenvalue weighted by Gasteiger charge is -2.27.